The van der Waals surface area contributed by atoms with E-state index < -0.39 is 22.8 Å². The van der Waals surface area contributed by atoms with Gasteiger partial charge in [-0.25, -0.2) is 8.42 Å². The summed E-state index contributed by atoms with van der Waals surface area (Å²) in [6, 6.07) is 34.8. The van der Waals surface area contributed by atoms with Crippen molar-refractivity contribution < 1.29 is 27.2 Å². The van der Waals surface area contributed by atoms with Crippen molar-refractivity contribution in [3.05, 3.63) is 155 Å². The summed E-state index contributed by atoms with van der Waals surface area (Å²) in [7, 11) is -9.88. The molecule has 0 aliphatic heterocycles. The van der Waals surface area contributed by atoms with Crippen LogP contribution in [0.25, 0.3) is 22.1 Å². The van der Waals surface area contributed by atoms with Crippen molar-refractivity contribution in [2.45, 2.75) is 50.1 Å². The minimum Gasteiger partial charge on any atom is -0.458 e. The van der Waals surface area contributed by atoms with E-state index in [4.69, 9.17) is 4.42 Å². The Balaban J connectivity index is 1.79. The van der Waals surface area contributed by atoms with Gasteiger partial charge in [0.1, 0.15) is 10.5 Å². The van der Waals surface area contributed by atoms with Gasteiger partial charge in [-0.1, -0.05) is 129 Å². The lowest BCUT2D eigenvalue weighted by Crippen LogP contribution is -2.31. The topological polar surface area (TPSA) is 117 Å². The molecule has 7 nitrogen and oxygen atoms in total. The van der Waals surface area contributed by atoms with Crippen molar-refractivity contribution in [1.82, 2.24) is 0 Å². The van der Waals surface area contributed by atoms with E-state index in [0.29, 0.717) is 11.3 Å². The predicted octanol–water partition coefficient (Wildman–Crippen LogP) is 9.28. The lowest BCUT2D eigenvalue weighted by atomic mass is 9.85. The molecule has 246 valence electrons. The highest BCUT2D eigenvalue weighted by molar-refractivity contribution is 7.93. The molecule has 0 saturated carbocycles. The molecule has 0 aliphatic rings. The van der Waals surface area contributed by atoms with Crippen LogP contribution in [0.2, 0.25) is 0 Å². The number of rotatable bonds is 8. The van der Waals surface area contributed by atoms with E-state index >= 15 is 0 Å². The van der Waals surface area contributed by atoms with Crippen LogP contribution in [-0.2, 0) is 25.2 Å². The third-order valence-corrected chi connectivity index (χ3v) is 11.7. The Morgan fingerprint density at radius 3 is 1.73 bits per heavy atom. The van der Waals surface area contributed by atoms with Gasteiger partial charge in [0.25, 0.3) is 10.0 Å². The Morgan fingerprint density at radius 1 is 0.688 bits per heavy atom. The van der Waals surface area contributed by atoms with E-state index in [-0.39, 0.29) is 38.2 Å². The number of aryl methyl sites for hydroxylation is 2. The van der Waals surface area contributed by atoms with Gasteiger partial charge in [0.15, 0.2) is 10.9 Å². The lowest BCUT2D eigenvalue weighted by molar-refractivity contribution is 0.335. The van der Waals surface area contributed by atoms with E-state index in [1.807, 2.05) is 44.2 Å². The van der Waals surface area contributed by atoms with Crippen molar-refractivity contribution in [3.63, 3.8) is 0 Å². The van der Waals surface area contributed by atoms with Crippen LogP contribution >= 0.6 is 7.60 Å². The molecule has 0 radical (unpaired) electrons. The Labute approximate surface area is 281 Å². The average Bonchev–Trinajstić information content (AvgIpc) is 3.42. The van der Waals surface area contributed by atoms with Gasteiger partial charge in [-0.15, -0.1) is 0 Å². The molecule has 5 aromatic carbocycles. The smallest absolute Gasteiger partial charge is 0.348 e. The monoisotopic (exact) mass is 679 g/mol. The third-order valence-electron chi connectivity index (χ3n) is 8.67. The van der Waals surface area contributed by atoms with E-state index in [1.54, 1.807) is 91.0 Å². The minimum atomic E-state index is -5.32. The SMILES string of the molecule is Cc1ccc(NS(=O)(=O)c2c(C(c3ccccc3)(c3ccccc3)P(=O)(O)O)oc3cc(C)cc(-c4ccc(C(C)(C)C)cc4)c23)cc1. The first-order valence-corrected chi connectivity index (χ1v) is 18.7. The number of furan rings is 1. The van der Waals surface area contributed by atoms with Gasteiger partial charge in [0, 0.05) is 11.1 Å². The molecule has 48 heavy (non-hydrogen) atoms. The highest BCUT2D eigenvalue weighted by Crippen LogP contribution is 2.66. The van der Waals surface area contributed by atoms with Gasteiger partial charge >= 0.3 is 7.60 Å². The Bertz CT molecular complexity index is 2210. The maximum atomic E-state index is 14.8. The van der Waals surface area contributed by atoms with Crippen molar-refractivity contribution >= 4 is 34.3 Å². The molecule has 0 bridgehead atoms. The molecule has 0 aliphatic carbocycles. The summed E-state index contributed by atoms with van der Waals surface area (Å²) in [5, 5.41) is -2.10. The third kappa shape index (κ3) is 5.90. The van der Waals surface area contributed by atoms with Crippen LogP contribution in [-0.4, -0.2) is 18.2 Å². The van der Waals surface area contributed by atoms with E-state index in [9.17, 15) is 22.8 Å². The number of anilines is 1. The fourth-order valence-corrected chi connectivity index (χ4v) is 9.23. The zero-order chi connectivity index (χ0) is 34.5. The second-order valence-electron chi connectivity index (χ2n) is 13.2. The maximum Gasteiger partial charge on any atom is 0.348 e. The first-order valence-electron chi connectivity index (χ1n) is 15.6. The molecule has 6 rings (SSSR count). The maximum absolute atomic E-state index is 14.8. The largest absolute Gasteiger partial charge is 0.458 e. The van der Waals surface area contributed by atoms with Gasteiger partial charge in [-0.05, 0) is 70.8 Å². The molecule has 0 saturated heterocycles. The summed E-state index contributed by atoms with van der Waals surface area (Å²) >= 11 is 0. The van der Waals surface area contributed by atoms with Gasteiger partial charge in [-0.3, -0.25) is 9.29 Å². The Hall–Kier alpha value is -4.46. The number of hydrogen-bond donors (Lipinski definition) is 3. The van der Waals surface area contributed by atoms with Crippen LogP contribution in [0.15, 0.2) is 131 Å². The molecule has 0 spiro atoms. The highest BCUT2D eigenvalue weighted by atomic mass is 32.2. The molecular formula is C39H38NO6PS. The fraction of sp³-hybridized carbons (Fsp3) is 0.179. The average molecular weight is 680 g/mol. The van der Waals surface area contributed by atoms with Crippen molar-refractivity contribution in [2.75, 3.05) is 4.72 Å². The molecule has 0 atom stereocenters. The fourth-order valence-electron chi connectivity index (χ4n) is 6.29. The predicted molar refractivity (Wildman–Crippen MR) is 192 cm³/mol. The number of sulfonamides is 1. The summed E-state index contributed by atoms with van der Waals surface area (Å²) in [4.78, 5) is 22.7. The normalized spacial score (nSPS) is 12.7. The summed E-state index contributed by atoms with van der Waals surface area (Å²) in [6.07, 6.45) is 0. The summed E-state index contributed by atoms with van der Waals surface area (Å²) in [5.41, 5.74) is 4.87. The van der Waals surface area contributed by atoms with Crippen LogP contribution in [0.5, 0.6) is 0 Å². The molecule has 1 aromatic heterocycles. The second-order valence-corrected chi connectivity index (χ2v) is 16.6. The number of fused-ring (bicyclic) bond motifs is 1. The van der Waals surface area contributed by atoms with Crippen LogP contribution < -0.4 is 4.72 Å². The van der Waals surface area contributed by atoms with Crippen molar-refractivity contribution in [3.8, 4) is 11.1 Å². The van der Waals surface area contributed by atoms with Gasteiger partial charge in [0.05, 0.1) is 0 Å². The summed E-state index contributed by atoms with van der Waals surface area (Å²) < 4.78 is 53.1. The Morgan fingerprint density at radius 2 is 1.23 bits per heavy atom. The first kappa shape index (κ1) is 33.4. The van der Waals surface area contributed by atoms with Crippen LogP contribution in [0.4, 0.5) is 5.69 Å². The molecule has 0 unspecified atom stereocenters. The van der Waals surface area contributed by atoms with Gasteiger partial charge < -0.3 is 14.2 Å². The van der Waals surface area contributed by atoms with Crippen LogP contribution in [0, 0.1) is 13.8 Å². The van der Waals surface area contributed by atoms with E-state index in [0.717, 1.165) is 22.3 Å². The van der Waals surface area contributed by atoms with E-state index in [2.05, 4.69) is 25.5 Å². The number of benzene rings is 5. The molecule has 3 N–H and O–H groups in total. The standard InChI is InChI=1S/C39H38NO6PS/c1-26-16-22-32(23-17-26)40-48(44,45)36-35-33(28-18-20-29(21-19-28)38(3,4)5)24-27(2)25-34(35)46-37(36)39(47(41,42)43,30-12-8-6-9-13-30)31-14-10-7-11-15-31/h6-25,40H,1-5H3,(H2,41,42,43). The second kappa shape index (κ2) is 12.2. The number of hydrogen-bond acceptors (Lipinski definition) is 4. The lowest BCUT2D eigenvalue weighted by Gasteiger charge is -2.34. The molecule has 9 heteroatoms. The van der Waals surface area contributed by atoms with Crippen molar-refractivity contribution in [2.24, 2.45) is 0 Å². The first-order chi connectivity index (χ1) is 22.6. The molecule has 1 heterocycles. The molecule has 6 aromatic rings. The van der Waals surface area contributed by atoms with Crippen LogP contribution in [0.1, 0.15) is 54.3 Å². The minimum absolute atomic E-state index is 0.107. The molecule has 0 amide bonds. The zero-order valence-electron chi connectivity index (χ0n) is 27.4. The summed E-state index contributed by atoms with van der Waals surface area (Å²) in [5.74, 6) is -0.374. The van der Waals surface area contributed by atoms with Crippen LogP contribution in [0.3, 0.4) is 0 Å². The summed E-state index contributed by atoms with van der Waals surface area (Å²) in [6.45, 7) is 10.1. The van der Waals surface area contributed by atoms with Gasteiger partial charge in [-0.2, -0.15) is 0 Å². The molecular weight excluding hydrogens is 641 g/mol. The molecule has 0 fully saturated rings. The quantitative estimate of drug-likeness (QED) is 0.138. The number of nitrogens with one attached hydrogen (secondary N) is 1. The zero-order valence-corrected chi connectivity index (χ0v) is 29.1. The highest BCUT2D eigenvalue weighted by Gasteiger charge is 2.57. The van der Waals surface area contributed by atoms with E-state index in [1.165, 1.54) is 0 Å². The Kier molecular flexibility index (Phi) is 8.51. The van der Waals surface area contributed by atoms with Crippen molar-refractivity contribution in [1.29, 1.82) is 0 Å². The van der Waals surface area contributed by atoms with Gasteiger partial charge in [0.2, 0.25) is 0 Å².